The van der Waals surface area contributed by atoms with Gasteiger partial charge in [0.25, 0.3) is 0 Å². The first-order valence-corrected chi connectivity index (χ1v) is 15.5. The van der Waals surface area contributed by atoms with E-state index >= 15 is 0 Å². The maximum atomic E-state index is 6.82. The van der Waals surface area contributed by atoms with E-state index in [1.54, 1.807) is 0 Å². The molecule has 0 amide bonds. The van der Waals surface area contributed by atoms with Gasteiger partial charge in [-0.25, -0.2) is 0 Å². The molecule has 0 fully saturated rings. The maximum Gasteiger partial charge on any atom is 0.356 e. The van der Waals surface area contributed by atoms with E-state index in [1.165, 1.54) is 22.5 Å². The van der Waals surface area contributed by atoms with E-state index in [9.17, 15) is 0 Å². The van der Waals surface area contributed by atoms with Gasteiger partial charge in [0.1, 0.15) is 17.2 Å². The van der Waals surface area contributed by atoms with Crippen LogP contribution in [0.3, 0.4) is 0 Å². The minimum atomic E-state index is -0.275. The molecule has 4 nitrogen and oxygen atoms in total. The lowest BCUT2D eigenvalue weighted by Crippen LogP contribution is -2.46. The van der Waals surface area contributed by atoms with Crippen molar-refractivity contribution in [2.45, 2.75) is 33.1 Å². The number of fused-ring (bicyclic) bond motifs is 3. The number of allylic oxidation sites excluding steroid dienone is 3. The van der Waals surface area contributed by atoms with E-state index in [0.29, 0.717) is 5.90 Å². The fourth-order valence-electron chi connectivity index (χ4n) is 6.40. The Morgan fingerprint density at radius 1 is 0.733 bits per heavy atom. The summed E-state index contributed by atoms with van der Waals surface area (Å²) in [6.07, 6.45) is 7.79. The largest absolute Gasteiger partial charge is 0.457 e. The van der Waals surface area contributed by atoms with E-state index < -0.39 is 0 Å². The first kappa shape index (κ1) is 28.5. The van der Waals surface area contributed by atoms with Crippen LogP contribution in [-0.4, -0.2) is 12.7 Å². The lowest BCUT2D eigenvalue weighted by atomic mass is 9.50. The van der Waals surface area contributed by atoms with Crippen molar-refractivity contribution in [1.82, 2.24) is 0 Å². The highest BCUT2D eigenvalue weighted by molar-refractivity contribution is 6.86. The van der Waals surface area contributed by atoms with Gasteiger partial charge in [-0.2, -0.15) is 0 Å². The average Bonchev–Trinajstić information content (AvgIpc) is 3.06. The number of hydrogen-bond donors (Lipinski definition) is 0. The molecular weight excluding hydrogens is 551 g/mol. The van der Waals surface area contributed by atoms with E-state index in [0.717, 1.165) is 39.4 Å². The Bertz CT molecular complexity index is 1940. The summed E-state index contributed by atoms with van der Waals surface area (Å²) in [4.78, 5) is 7.39. The van der Waals surface area contributed by atoms with Crippen LogP contribution in [0.4, 0.5) is 17.1 Å². The molecule has 0 aliphatic carbocycles. The Labute approximate surface area is 266 Å². The second kappa shape index (κ2) is 11.7. The molecule has 2 aliphatic rings. The van der Waals surface area contributed by atoms with Gasteiger partial charge < -0.3 is 14.4 Å². The SMILES string of the molecule is C/C=C\C=C/C1=NB(c2ccccc2Oc2cc(N3c4ccccc4C(C)(C)c4ccccc43)ccc2C)c2ccccc2O1. The maximum absolute atomic E-state index is 6.82. The first-order chi connectivity index (χ1) is 22.0. The third-order valence-corrected chi connectivity index (χ3v) is 8.73. The third-order valence-electron chi connectivity index (χ3n) is 8.73. The summed E-state index contributed by atoms with van der Waals surface area (Å²) in [5.41, 5.74) is 8.93. The summed E-state index contributed by atoms with van der Waals surface area (Å²) in [7, 11) is 0. The molecule has 0 saturated heterocycles. The number of nitrogens with zero attached hydrogens (tertiary/aromatic N) is 2. The highest BCUT2D eigenvalue weighted by Crippen LogP contribution is 2.52. The second-order valence-electron chi connectivity index (χ2n) is 12.0. The molecule has 0 unspecified atom stereocenters. The molecule has 0 spiro atoms. The number of aryl methyl sites for hydroxylation is 1. The molecule has 7 rings (SSSR count). The summed E-state index contributed by atoms with van der Waals surface area (Å²) >= 11 is 0. The standard InChI is InChI=1S/C40H35BN2O2/c1-5-6-7-24-39-42-41(33-19-11-15-23-37(33)45-39)32-18-10-14-22-36(32)44-38-27-29(26-25-28(38)2)43-34-20-12-8-16-30(34)40(3,4)31-17-9-13-21-35(31)43/h5-27H,1-4H3/b6-5-,24-7-. The third kappa shape index (κ3) is 5.14. The number of hydrogen-bond acceptors (Lipinski definition) is 4. The van der Waals surface area contributed by atoms with Gasteiger partial charge in [0.05, 0.1) is 11.4 Å². The van der Waals surface area contributed by atoms with E-state index in [2.05, 4.69) is 105 Å². The van der Waals surface area contributed by atoms with Gasteiger partial charge in [-0.1, -0.05) is 111 Å². The van der Waals surface area contributed by atoms with Crippen molar-refractivity contribution in [3.8, 4) is 17.2 Å². The molecule has 0 saturated carbocycles. The molecule has 0 N–H and O–H groups in total. The zero-order valence-corrected chi connectivity index (χ0v) is 26.1. The van der Waals surface area contributed by atoms with Crippen LogP contribution in [0.2, 0.25) is 0 Å². The van der Waals surface area contributed by atoms with Gasteiger partial charge >= 0.3 is 6.85 Å². The number of ether oxygens (including phenoxy) is 2. The predicted molar refractivity (Wildman–Crippen MR) is 188 cm³/mol. The summed E-state index contributed by atoms with van der Waals surface area (Å²) < 4.78 is 13.0. The summed E-state index contributed by atoms with van der Waals surface area (Å²) in [6, 6.07) is 40.2. The molecule has 45 heavy (non-hydrogen) atoms. The van der Waals surface area contributed by atoms with Crippen LogP contribution in [0.15, 0.2) is 144 Å². The van der Waals surface area contributed by atoms with E-state index in [-0.39, 0.29) is 12.3 Å². The highest BCUT2D eigenvalue weighted by atomic mass is 16.5. The molecule has 5 aromatic carbocycles. The fraction of sp³-hybridized carbons (Fsp3) is 0.125. The van der Waals surface area contributed by atoms with E-state index in [1.807, 2.05) is 67.6 Å². The number of rotatable bonds is 6. The predicted octanol–water partition coefficient (Wildman–Crippen LogP) is 8.93. The number of anilines is 3. The Morgan fingerprint density at radius 3 is 2.11 bits per heavy atom. The van der Waals surface area contributed by atoms with Crippen molar-refractivity contribution in [3.63, 3.8) is 0 Å². The van der Waals surface area contributed by atoms with Gasteiger partial charge in [-0.15, -0.1) is 0 Å². The molecule has 0 bridgehead atoms. The molecule has 2 aliphatic heterocycles. The molecule has 220 valence electrons. The molecular formula is C40H35BN2O2. The van der Waals surface area contributed by atoms with Crippen molar-refractivity contribution in [2.75, 3.05) is 4.90 Å². The smallest absolute Gasteiger partial charge is 0.356 e. The molecule has 2 heterocycles. The Kier molecular flexibility index (Phi) is 7.38. The van der Waals surface area contributed by atoms with Crippen LogP contribution >= 0.6 is 0 Å². The van der Waals surface area contributed by atoms with Gasteiger partial charge in [0.2, 0.25) is 5.90 Å². The van der Waals surface area contributed by atoms with E-state index in [4.69, 9.17) is 14.4 Å². The normalized spacial score (nSPS) is 14.9. The summed E-state index contributed by atoms with van der Waals surface area (Å²) in [5.74, 6) is 2.93. The molecule has 5 heteroatoms. The lowest BCUT2D eigenvalue weighted by Gasteiger charge is -2.42. The average molecular weight is 587 g/mol. The van der Waals surface area contributed by atoms with Gasteiger partial charge in [-0.05, 0) is 77.9 Å². The Morgan fingerprint density at radius 2 is 1.38 bits per heavy atom. The van der Waals surface area contributed by atoms with Gasteiger partial charge in [0, 0.05) is 17.2 Å². The molecule has 0 aromatic heterocycles. The topological polar surface area (TPSA) is 34.1 Å². The summed E-state index contributed by atoms with van der Waals surface area (Å²) in [6.45, 7) is 8.42. The van der Waals surface area contributed by atoms with Crippen LogP contribution in [0.25, 0.3) is 0 Å². The van der Waals surface area contributed by atoms with Gasteiger partial charge in [0.15, 0.2) is 0 Å². The van der Waals surface area contributed by atoms with Crippen molar-refractivity contribution in [2.24, 2.45) is 4.90 Å². The van der Waals surface area contributed by atoms with Crippen LogP contribution in [0, 0.1) is 6.92 Å². The van der Waals surface area contributed by atoms with Gasteiger partial charge in [-0.3, -0.25) is 4.90 Å². The molecule has 0 radical (unpaired) electrons. The Hall–Kier alpha value is -5.29. The fourth-order valence-corrected chi connectivity index (χ4v) is 6.40. The quantitative estimate of drug-likeness (QED) is 0.147. The zero-order chi connectivity index (χ0) is 31.0. The van der Waals surface area contributed by atoms with Crippen molar-refractivity contribution in [1.29, 1.82) is 0 Å². The van der Waals surface area contributed by atoms with Crippen LogP contribution in [-0.2, 0) is 5.41 Å². The number of para-hydroxylation sites is 4. The van der Waals surface area contributed by atoms with Crippen molar-refractivity contribution < 1.29 is 9.47 Å². The highest BCUT2D eigenvalue weighted by Gasteiger charge is 2.37. The monoisotopic (exact) mass is 586 g/mol. The van der Waals surface area contributed by atoms with Crippen LogP contribution in [0.1, 0.15) is 37.5 Å². The Balaban J connectivity index is 1.31. The summed E-state index contributed by atoms with van der Waals surface area (Å²) in [5, 5.41) is 0. The van der Waals surface area contributed by atoms with Crippen molar-refractivity contribution >= 4 is 40.7 Å². The molecule has 0 atom stereocenters. The van der Waals surface area contributed by atoms with Crippen molar-refractivity contribution in [3.05, 3.63) is 156 Å². The van der Waals surface area contributed by atoms with Crippen LogP contribution < -0.4 is 25.3 Å². The zero-order valence-electron chi connectivity index (χ0n) is 26.1. The number of benzene rings is 5. The minimum Gasteiger partial charge on any atom is -0.457 e. The molecule has 5 aromatic rings. The first-order valence-electron chi connectivity index (χ1n) is 15.5. The second-order valence-corrected chi connectivity index (χ2v) is 12.0. The lowest BCUT2D eigenvalue weighted by molar-refractivity contribution is 0.482. The van der Waals surface area contributed by atoms with Crippen LogP contribution in [0.5, 0.6) is 17.2 Å². The minimum absolute atomic E-state index is 0.117.